The average molecular weight is 289 g/mol. The summed E-state index contributed by atoms with van der Waals surface area (Å²) in [5.41, 5.74) is 0.528. The van der Waals surface area contributed by atoms with E-state index < -0.39 is 0 Å². The van der Waals surface area contributed by atoms with Crippen molar-refractivity contribution in [3.8, 4) is 6.07 Å². The molecule has 20 heavy (non-hydrogen) atoms. The molecule has 106 valence electrons. The van der Waals surface area contributed by atoms with Gasteiger partial charge in [-0.15, -0.1) is 0 Å². The van der Waals surface area contributed by atoms with E-state index in [1.54, 1.807) is 18.3 Å². The van der Waals surface area contributed by atoms with Gasteiger partial charge in [-0.1, -0.05) is 37.4 Å². The molecule has 0 saturated heterocycles. The summed E-state index contributed by atoms with van der Waals surface area (Å²) in [5, 5.41) is 12.7. The highest BCUT2D eigenvalue weighted by atomic mass is 32.2. The summed E-state index contributed by atoms with van der Waals surface area (Å²) in [5.74, 6) is 0.360. The molecule has 0 atom stereocenters. The smallest absolute Gasteiger partial charge is 0.230 e. The minimum atomic E-state index is 0.0384. The molecule has 0 unspecified atom stereocenters. The first-order valence-corrected chi connectivity index (χ1v) is 8.05. The van der Waals surface area contributed by atoms with Crippen molar-refractivity contribution in [3.05, 3.63) is 23.9 Å². The molecule has 1 aromatic rings. The summed E-state index contributed by atoms with van der Waals surface area (Å²) in [6.45, 7) is 0. The van der Waals surface area contributed by atoms with Crippen LogP contribution in [-0.4, -0.2) is 22.7 Å². The van der Waals surface area contributed by atoms with Crippen molar-refractivity contribution >= 4 is 17.7 Å². The van der Waals surface area contributed by atoms with E-state index in [9.17, 15) is 4.79 Å². The summed E-state index contributed by atoms with van der Waals surface area (Å²) in [6, 6.07) is 5.87. The highest BCUT2D eigenvalue weighted by Crippen LogP contribution is 2.20. The van der Waals surface area contributed by atoms with Gasteiger partial charge in [-0.25, -0.2) is 4.98 Å². The second kappa shape index (κ2) is 7.91. The van der Waals surface area contributed by atoms with Crippen LogP contribution in [0.4, 0.5) is 0 Å². The monoisotopic (exact) mass is 289 g/mol. The standard InChI is InChI=1S/C15H19N3OS/c16-10-12-6-5-9-17-15(12)20-11-14(19)18-13-7-3-1-2-4-8-13/h5-6,9,13H,1-4,7-8,11H2,(H,18,19). The van der Waals surface area contributed by atoms with Gasteiger partial charge in [0.15, 0.2) is 0 Å². The lowest BCUT2D eigenvalue weighted by atomic mass is 10.1. The molecule has 2 rings (SSSR count). The molecule has 1 N–H and O–H groups in total. The maximum absolute atomic E-state index is 12.0. The maximum atomic E-state index is 12.0. The topological polar surface area (TPSA) is 65.8 Å². The molecule has 1 aromatic heterocycles. The van der Waals surface area contributed by atoms with Gasteiger partial charge in [-0.05, 0) is 25.0 Å². The number of carbonyl (C=O) groups excluding carboxylic acids is 1. The predicted molar refractivity (Wildman–Crippen MR) is 79.3 cm³/mol. The molecular formula is C15H19N3OS. The minimum Gasteiger partial charge on any atom is -0.353 e. The Labute approximate surface area is 124 Å². The quantitative estimate of drug-likeness (QED) is 0.683. The zero-order valence-electron chi connectivity index (χ0n) is 11.5. The molecule has 0 aromatic carbocycles. The summed E-state index contributed by atoms with van der Waals surface area (Å²) in [4.78, 5) is 16.1. The Morgan fingerprint density at radius 3 is 2.85 bits per heavy atom. The van der Waals surface area contributed by atoms with E-state index in [1.807, 2.05) is 0 Å². The normalized spacial score (nSPS) is 16.1. The van der Waals surface area contributed by atoms with Crippen LogP contribution in [0.25, 0.3) is 0 Å². The molecule has 1 aliphatic rings. The highest BCUT2D eigenvalue weighted by molar-refractivity contribution is 7.99. The third-order valence-electron chi connectivity index (χ3n) is 3.45. The molecule has 1 saturated carbocycles. The van der Waals surface area contributed by atoms with E-state index in [0.29, 0.717) is 22.4 Å². The number of carbonyl (C=O) groups is 1. The van der Waals surface area contributed by atoms with E-state index in [2.05, 4.69) is 16.4 Å². The number of nitrogens with zero attached hydrogens (tertiary/aromatic N) is 2. The van der Waals surface area contributed by atoms with Crippen molar-refractivity contribution in [3.63, 3.8) is 0 Å². The average Bonchev–Trinajstić information content (AvgIpc) is 2.74. The van der Waals surface area contributed by atoms with Gasteiger partial charge in [0, 0.05) is 12.2 Å². The summed E-state index contributed by atoms with van der Waals surface area (Å²) < 4.78 is 0. The molecule has 0 spiro atoms. The summed E-state index contributed by atoms with van der Waals surface area (Å²) in [6.07, 6.45) is 8.79. The van der Waals surface area contributed by atoms with Crippen LogP contribution in [0.2, 0.25) is 0 Å². The van der Waals surface area contributed by atoms with Crippen LogP contribution in [0, 0.1) is 11.3 Å². The Balaban J connectivity index is 1.81. The van der Waals surface area contributed by atoms with Gasteiger partial charge < -0.3 is 5.32 Å². The van der Waals surface area contributed by atoms with Crippen molar-refractivity contribution < 1.29 is 4.79 Å². The lowest BCUT2D eigenvalue weighted by Crippen LogP contribution is -2.35. The number of rotatable bonds is 4. The molecule has 4 nitrogen and oxygen atoms in total. The first-order chi connectivity index (χ1) is 9.79. The number of nitriles is 1. The van der Waals surface area contributed by atoms with Crippen molar-refractivity contribution in [2.45, 2.75) is 49.6 Å². The third-order valence-corrected chi connectivity index (χ3v) is 4.46. The van der Waals surface area contributed by atoms with Crippen LogP contribution in [0.5, 0.6) is 0 Å². The number of amides is 1. The van der Waals surface area contributed by atoms with Gasteiger partial charge in [-0.2, -0.15) is 5.26 Å². The van der Waals surface area contributed by atoms with Crippen molar-refractivity contribution in [1.29, 1.82) is 5.26 Å². The SMILES string of the molecule is N#Cc1cccnc1SCC(=O)NC1CCCCCC1. The molecule has 0 bridgehead atoms. The van der Waals surface area contributed by atoms with E-state index in [1.165, 1.54) is 37.4 Å². The predicted octanol–water partition coefficient (Wildman–Crippen LogP) is 2.88. The molecule has 0 aliphatic heterocycles. The van der Waals surface area contributed by atoms with Gasteiger partial charge in [0.2, 0.25) is 5.91 Å². The maximum Gasteiger partial charge on any atom is 0.230 e. The number of pyridine rings is 1. The molecule has 1 amide bonds. The van der Waals surface area contributed by atoms with Gasteiger partial charge in [0.25, 0.3) is 0 Å². The van der Waals surface area contributed by atoms with Gasteiger partial charge >= 0.3 is 0 Å². The Hall–Kier alpha value is -1.54. The second-order valence-electron chi connectivity index (χ2n) is 5.01. The third kappa shape index (κ3) is 4.53. The van der Waals surface area contributed by atoms with E-state index in [4.69, 9.17) is 5.26 Å². The van der Waals surface area contributed by atoms with Crippen molar-refractivity contribution in [2.24, 2.45) is 0 Å². The fourth-order valence-electron chi connectivity index (χ4n) is 2.42. The van der Waals surface area contributed by atoms with E-state index in [0.717, 1.165) is 12.8 Å². The van der Waals surface area contributed by atoms with Crippen molar-refractivity contribution in [1.82, 2.24) is 10.3 Å². The first-order valence-electron chi connectivity index (χ1n) is 7.07. The van der Waals surface area contributed by atoms with Gasteiger partial charge in [-0.3, -0.25) is 4.79 Å². The number of thioether (sulfide) groups is 1. The number of hydrogen-bond acceptors (Lipinski definition) is 4. The lowest BCUT2D eigenvalue weighted by molar-refractivity contribution is -0.119. The number of hydrogen-bond donors (Lipinski definition) is 1. The van der Waals surface area contributed by atoms with Gasteiger partial charge in [0.05, 0.1) is 11.3 Å². The fourth-order valence-corrected chi connectivity index (χ4v) is 3.17. The largest absolute Gasteiger partial charge is 0.353 e. The second-order valence-corrected chi connectivity index (χ2v) is 5.98. The molecule has 1 heterocycles. The Morgan fingerprint density at radius 1 is 1.40 bits per heavy atom. The van der Waals surface area contributed by atoms with Crippen molar-refractivity contribution in [2.75, 3.05) is 5.75 Å². The zero-order valence-corrected chi connectivity index (χ0v) is 12.3. The fraction of sp³-hybridized carbons (Fsp3) is 0.533. The Kier molecular flexibility index (Phi) is 5.87. The Bertz CT molecular complexity index is 490. The first kappa shape index (κ1) is 14.9. The molecule has 1 aliphatic carbocycles. The summed E-state index contributed by atoms with van der Waals surface area (Å²) >= 11 is 1.33. The van der Waals surface area contributed by atoms with Crippen LogP contribution < -0.4 is 5.32 Å². The highest BCUT2D eigenvalue weighted by Gasteiger charge is 2.15. The zero-order chi connectivity index (χ0) is 14.2. The molecule has 0 radical (unpaired) electrons. The Morgan fingerprint density at radius 2 is 2.15 bits per heavy atom. The van der Waals surface area contributed by atoms with Gasteiger partial charge in [0.1, 0.15) is 11.1 Å². The van der Waals surface area contributed by atoms with Crippen LogP contribution in [0.15, 0.2) is 23.4 Å². The van der Waals surface area contributed by atoms with Crippen LogP contribution in [0.3, 0.4) is 0 Å². The number of nitrogens with one attached hydrogen (secondary N) is 1. The minimum absolute atomic E-state index is 0.0384. The van der Waals surface area contributed by atoms with E-state index >= 15 is 0 Å². The molecular weight excluding hydrogens is 270 g/mol. The van der Waals surface area contributed by atoms with Crippen LogP contribution in [0.1, 0.15) is 44.1 Å². The van der Waals surface area contributed by atoms with E-state index in [-0.39, 0.29) is 5.91 Å². The van der Waals surface area contributed by atoms with Crippen LogP contribution in [-0.2, 0) is 4.79 Å². The van der Waals surface area contributed by atoms with Crippen LogP contribution >= 0.6 is 11.8 Å². The number of aromatic nitrogens is 1. The lowest BCUT2D eigenvalue weighted by Gasteiger charge is -2.15. The summed E-state index contributed by atoms with van der Waals surface area (Å²) in [7, 11) is 0. The molecule has 5 heteroatoms. The molecule has 1 fully saturated rings.